The molecule has 0 unspecified atom stereocenters. The van der Waals surface area contributed by atoms with E-state index in [9.17, 15) is 4.79 Å². The summed E-state index contributed by atoms with van der Waals surface area (Å²) in [6.45, 7) is 1.90. The molecule has 1 aromatic rings. The Hall–Kier alpha value is -1.97. The van der Waals surface area contributed by atoms with Crippen molar-refractivity contribution in [3.63, 3.8) is 0 Å². The van der Waals surface area contributed by atoms with Gasteiger partial charge >= 0.3 is 5.97 Å². The molecule has 1 atom stereocenters. The minimum Gasteiger partial charge on any atom is -0.724 e. The first-order valence-electron chi connectivity index (χ1n) is 4.59. The van der Waals surface area contributed by atoms with E-state index < -0.39 is 6.04 Å². The standard InChI is InChI=1S/C10H13NO2.CNO/c1-8(11)10(12)13-7-9-5-3-2-4-6-9;2-1-3/h2-6,8H,7,11H2,1H3;/q;-1/t8-;/m0./s1. The lowest BCUT2D eigenvalue weighted by atomic mass is 10.2. The Labute approximate surface area is 93.7 Å². The maximum absolute atomic E-state index is 11.0. The molecule has 16 heavy (non-hydrogen) atoms. The van der Waals surface area contributed by atoms with E-state index in [-0.39, 0.29) is 5.97 Å². The van der Waals surface area contributed by atoms with Gasteiger partial charge in [0.1, 0.15) is 12.6 Å². The molecule has 0 spiro atoms. The van der Waals surface area contributed by atoms with Crippen molar-refractivity contribution < 1.29 is 14.3 Å². The minimum absolute atomic E-state index is 0.293. The Bertz CT molecular complexity index is 344. The second kappa shape index (κ2) is 8.35. The van der Waals surface area contributed by atoms with E-state index >= 15 is 0 Å². The molecule has 0 saturated heterocycles. The number of benzene rings is 1. The predicted molar refractivity (Wildman–Crippen MR) is 58.9 cm³/mol. The maximum atomic E-state index is 11.0. The highest BCUT2D eigenvalue weighted by molar-refractivity contribution is 5.74. The van der Waals surface area contributed by atoms with Crippen molar-refractivity contribution in [3.8, 4) is 0 Å². The lowest BCUT2D eigenvalue weighted by Crippen LogP contribution is -2.28. The Kier molecular flexibility index (Phi) is 7.32. The van der Waals surface area contributed by atoms with Crippen LogP contribution in [0.5, 0.6) is 0 Å². The SMILES string of the molecule is C[C@H](N)C(=O)OCc1ccccc1.[N-]=C=O. The van der Waals surface area contributed by atoms with Crippen LogP contribution in [-0.4, -0.2) is 18.1 Å². The Morgan fingerprint density at radius 3 is 2.44 bits per heavy atom. The maximum Gasteiger partial charge on any atom is 0.322 e. The number of nitrogens with zero attached hydrogens (tertiary/aromatic N) is 1. The summed E-state index contributed by atoms with van der Waals surface area (Å²) < 4.78 is 4.93. The predicted octanol–water partition coefficient (Wildman–Crippen LogP) is 0.969. The van der Waals surface area contributed by atoms with Crippen LogP contribution in [0.2, 0.25) is 0 Å². The van der Waals surface area contributed by atoms with Crippen LogP contribution in [0.25, 0.3) is 5.41 Å². The Balaban J connectivity index is 0.000000673. The van der Waals surface area contributed by atoms with Gasteiger partial charge in [0.15, 0.2) is 0 Å². The first-order valence-corrected chi connectivity index (χ1v) is 4.59. The lowest BCUT2D eigenvalue weighted by molar-refractivity contribution is -0.146. The third kappa shape index (κ3) is 6.48. The van der Waals surface area contributed by atoms with Crippen LogP contribution < -0.4 is 5.73 Å². The monoisotopic (exact) mass is 221 g/mol. The van der Waals surface area contributed by atoms with Crippen molar-refractivity contribution in [2.45, 2.75) is 19.6 Å². The molecule has 1 rings (SSSR count). The number of rotatable bonds is 3. The van der Waals surface area contributed by atoms with Crippen molar-refractivity contribution in [1.29, 1.82) is 0 Å². The van der Waals surface area contributed by atoms with Gasteiger partial charge in [-0.25, -0.2) is 0 Å². The number of hydrogen-bond acceptors (Lipinski definition) is 4. The van der Waals surface area contributed by atoms with Gasteiger partial charge in [-0.15, -0.1) is 0 Å². The van der Waals surface area contributed by atoms with Gasteiger partial charge in [-0.05, 0) is 18.6 Å². The molecule has 0 bridgehead atoms. The zero-order valence-electron chi connectivity index (χ0n) is 8.92. The van der Waals surface area contributed by atoms with Crippen molar-refractivity contribution in [3.05, 3.63) is 41.3 Å². The number of isocyanates is 1. The van der Waals surface area contributed by atoms with E-state index in [1.165, 1.54) is 0 Å². The molecule has 2 N–H and O–H groups in total. The molecule has 0 aliphatic heterocycles. The number of nitrogens with two attached hydrogens (primary N) is 1. The summed E-state index contributed by atoms with van der Waals surface area (Å²) in [5, 5.41) is 6.76. The van der Waals surface area contributed by atoms with Crippen molar-refractivity contribution in [2.75, 3.05) is 0 Å². The van der Waals surface area contributed by atoms with Gasteiger partial charge in [0.05, 0.1) is 0 Å². The van der Waals surface area contributed by atoms with E-state index in [0.29, 0.717) is 12.7 Å². The smallest absolute Gasteiger partial charge is 0.322 e. The minimum atomic E-state index is -0.552. The van der Waals surface area contributed by atoms with Crippen LogP contribution >= 0.6 is 0 Å². The second-order valence-corrected chi connectivity index (χ2v) is 2.97. The largest absolute Gasteiger partial charge is 0.724 e. The fourth-order valence-electron chi connectivity index (χ4n) is 0.860. The first-order chi connectivity index (χ1) is 7.61. The molecular weight excluding hydrogens is 208 g/mol. The van der Waals surface area contributed by atoms with Crippen molar-refractivity contribution >= 4 is 12.0 Å². The highest BCUT2D eigenvalue weighted by Crippen LogP contribution is 2.00. The molecule has 0 heterocycles. The quantitative estimate of drug-likeness (QED) is 0.467. The topological polar surface area (TPSA) is 91.7 Å². The highest BCUT2D eigenvalue weighted by Gasteiger charge is 2.07. The molecular formula is C11H13N2O3-. The average molecular weight is 221 g/mol. The van der Waals surface area contributed by atoms with Crippen LogP contribution in [0.1, 0.15) is 12.5 Å². The number of ether oxygens (including phenoxy) is 1. The van der Waals surface area contributed by atoms with E-state index in [1.807, 2.05) is 30.3 Å². The van der Waals surface area contributed by atoms with Crippen LogP contribution in [-0.2, 0) is 20.9 Å². The molecule has 0 aliphatic carbocycles. The van der Waals surface area contributed by atoms with Gasteiger partial charge < -0.3 is 15.9 Å². The summed E-state index contributed by atoms with van der Waals surface area (Å²) in [6, 6.07) is 8.95. The third-order valence-corrected chi connectivity index (χ3v) is 1.60. The number of carbonyl (C=O) groups is 1. The molecule has 0 aromatic heterocycles. The van der Waals surface area contributed by atoms with Gasteiger partial charge in [0, 0.05) is 0 Å². The van der Waals surface area contributed by atoms with Crippen molar-refractivity contribution in [1.82, 2.24) is 0 Å². The summed E-state index contributed by atoms with van der Waals surface area (Å²) in [5.41, 5.74) is 6.29. The van der Waals surface area contributed by atoms with Crippen LogP contribution in [0.4, 0.5) is 0 Å². The summed E-state index contributed by atoms with van der Waals surface area (Å²) in [6.07, 6.45) is 0.500. The number of carbonyl (C=O) groups excluding carboxylic acids is 2. The summed E-state index contributed by atoms with van der Waals surface area (Å²) in [4.78, 5) is 19.2. The van der Waals surface area contributed by atoms with Crippen molar-refractivity contribution in [2.24, 2.45) is 5.73 Å². The number of hydrogen-bond donors (Lipinski definition) is 1. The summed E-state index contributed by atoms with van der Waals surface area (Å²) in [7, 11) is 0. The van der Waals surface area contributed by atoms with E-state index in [0.717, 1.165) is 5.56 Å². The Morgan fingerprint density at radius 2 is 2.00 bits per heavy atom. The van der Waals surface area contributed by atoms with Crippen LogP contribution in [0.15, 0.2) is 30.3 Å². The zero-order valence-corrected chi connectivity index (χ0v) is 8.92. The first kappa shape index (κ1) is 14.0. The normalized spacial score (nSPS) is 10.4. The van der Waals surface area contributed by atoms with Gasteiger partial charge in [0.25, 0.3) is 0 Å². The lowest BCUT2D eigenvalue weighted by Gasteiger charge is -2.06. The molecule has 0 fully saturated rings. The molecule has 5 nitrogen and oxygen atoms in total. The fourth-order valence-corrected chi connectivity index (χ4v) is 0.860. The molecule has 86 valence electrons. The second-order valence-electron chi connectivity index (χ2n) is 2.97. The van der Waals surface area contributed by atoms with Gasteiger partial charge in [-0.3, -0.25) is 9.59 Å². The molecule has 5 heteroatoms. The fraction of sp³-hybridized carbons (Fsp3) is 0.273. The summed E-state index contributed by atoms with van der Waals surface area (Å²) in [5.74, 6) is -0.371. The van der Waals surface area contributed by atoms with Crippen LogP contribution in [0, 0.1) is 0 Å². The molecule has 0 amide bonds. The highest BCUT2D eigenvalue weighted by atomic mass is 16.5. The van der Waals surface area contributed by atoms with Gasteiger partial charge in [0.2, 0.25) is 0 Å². The van der Waals surface area contributed by atoms with E-state index in [2.05, 4.69) is 0 Å². The van der Waals surface area contributed by atoms with E-state index in [4.69, 9.17) is 20.7 Å². The summed E-state index contributed by atoms with van der Waals surface area (Å²) >= 11 is 0. The van der Waals surface area contributed by atoms with E-state index in [1.54, 1.807) is 6.92 Å². The molecule has 0 saturated carbocycles. The zero-order chi connectivity index (χ0) is 12.4. The molecule has 0 aliphatic rings. The molecule has 0 radical (unpaired) electrons. The Morgan fingerprint density at radius 1 is 1.50 bits per heavy atom. The van der Waals surface area contributed by atoms with Gasteiger partial charge in [-0.1, -0.05) is 30.3 Å². The van der Waals surface area contributed by atoms with Crippen LogP contribution in [0.3, 0.4) is 0 Å². The van der Waals surface area contributed by atoms with Gasteiger partial charge in [-0.2, -0.15) is 0 Å². The average Bonchev–Trinajstić information content (AvgIpc) is 2.28. The third-order valence-electron chi connectivity index (χ3n) is 1.60. The molecule has 1 aromatic carbocycles. The number of esters is 1.